The van der Waals surface area contributed by atoms with Crippen LogP contribution in [0.2, 0.25) is 0 Å². The van der Waals surface area contributed by atoms with E-state index in [0.29, 0.717) is 33.9 Å². The molecule has 0 unspecified atom stereocenters. The van der Waals surface area contributed by atoms with Gasteiger partial charge >= 0.3 is 11.9 Å². The number of ether oxygens (including phenoxy) is 3. The number of methoxy groups -OCH3 is 2. The molecule has 2 heterocycles. The summed E-state index contributed by atoms with van der Waals surface area (Å²) in [5.41, 5.74) is 2.61. The first-order valence-electron chi connectivity index (χ1n) is 10.2. The van der Waals surface area contributed by atoms with Crippen LogP contribution in [0.15, 0.2) is 46.8 Å². The Labute approximate surface area is 181 Å². The van der Waals surface area contributed by atoms with Crippen molar-refractivity contribution >= 4 is 17.8 Å². The van der Waals surface area contributed by atoms with Gasteiger partial charge in [0.25, 0.3) is 5.91 Å². The van der Waals surface area contributed by atoms with Crippen molar-refractivity contribution in [1.82, 2.24) is 10.2 Å². The first kappa shape index (κ1) is 22.4. The molecule has 1 saturated heterocycles. The van der Waals surface area contributed by atoms with Crippen LogP contribution in [-0.2, 0) is 23.9 Å². The molecule has 0 saturated carbocycles. The highest BCUT2D eigenvalue weighted by Gasteiger charge is 2.37. The third-order valence-electron chi connectivity index (χ3n) is 5.61. The summed E-state index contributed by atoms with van der Waals surface area (Å²) in [6.07, 6.45) is 2.06. The van der Waals surface area contributed by atoms with Crippen LogP contribution < -0.4 is 10.1 Å². The number of nitrogens with zero attached hydrogens (tertiary/aromatic N) is 1. The SMILES string of the molecule is COC(=O)C1=C(C)NC(C)=C(C(=O)OC)C1c1ccc(OCC(=O)N2CCCC2)cc1. The summed E-state index contributed by atoms with van der Waals surface area (Å²) in [5, 5.41) is 3.07. The van der Waals surface area contributed by atoms with Crippen molar-refractivity contribution in [1.29, 1.82) is 0 Å². The molecule has 1 fully saturated rings. The molecule has 3 rings (SSSR count). The molecule has 166 valence electrons. The Morgan fingerprint density at radius 3 is 1.94 bits per heavy atom. The molecule has 31 heavy (non-hydrogen) atoms. The third kappa shape index (κ3) is 4.73. The molecule has 0 radical (unpaired) electrons. The molecule has 1 aromatic rings. The van der Waals surface area contributed by atoms with Crippen LogP contribution in [0.5, 0.6) is 5.75 Å². The summed E-state index contributed by atoms with van der Waals surface area (Å²) in [6, 6.07) is 7.00. The number of esters is 2. The van der Waals surface area contributed by atoms with E-state index < -0.39 is 17.9 Å². The number of allylic oxidation sites excluding steroid dienone is 2. The average Bonchev–Trinajstić information content (AvgIpc) is 3.31. The Morgan fingerprint density at radius 1 is 0.935 bits per heavy atom. The van der Waals surface area contributed by atoms with Crippen LogP contribution in [0.1, 0.15) is 38.2 Å². The lowest BCUT2D eigenvalue weighted by molar-refractivity contribution is -0.137. The Morgan fingerprint density at radius 2 is 1.45 bits per heavy atom. The van der Waals surface area contributed by atoms with E-state index >= 15 is 0 Å². The smallest absolute Gasteiger partial charge is 0.336 e. The van der Waals surface area contributed by atoms with Crippen LogP contribution >= 0.6 is 0 Å². The van der Waals surface area contributed by atoms with Gasteiger partial charge in [0.15, 0.2) is 6.61 Å². The molecule has 1 amide bonds. The van der Waals surface area contributed by atoms with Gasteiger partial charge in [-0.1, -0.05) is 12.1 Å². The fraction of sp³-hybridized carbons (Fsp3) is 0.435. The highest BCUT2D eigenvalue weighted by atomic mass is 16.5. The standard InChI is InChI=1S/C23H28N2O6/c1-14-19(22(27)29-3)21(20(15(2)24-14)23(28)30-4)16-7-9-17(10-8-16)31-13-18(26)25-11-5-6-12-25/h7-10,21,24H,5-6,11-13H2,1-4H3. The molecule has 0 spiro atoms. The molecule has 0 bridgehead atoms. The number of amides is 1. The average molecular weight is 428 g/mol. The van der Waals surface area contributed by atoms with Crippen molar-refractivity contribution in [2.24, 2.45) is 0 Å². The largest absolute Gasteiger partial charge is 0.484 e. The minimum Gasteiger partial charge on any atom is -0.484 e. The molecule has 8 heteroatoms. The first-order chi connectivity index (χ1) is 14.9. The summed E-state index contributed by atoms with van der Waals surface area (Å²) in [5.74, 6) is -1.20. The zero-order valence-electron chi connectivity index (χ0n) is 18.3. The van der Waals surface area contributed by atoms with Gasteiger partial charge in [-0.3, -0.25) is 4.79 Å². The van der Waals surface area contributed by atoms with E-state index in [1.165, 1.54) is 14.2 Å². The number of hydrogen-bond donors (Lipinski definition) is 1. The molecule has 1 N–H and O–H groups in total. The number of hydrogen-bond acceptors (Lipinski definition) is 7. The van der Waals surface area contributed by atoms with Crippen molar-refractivity contribution in [2.75, 3.05) is 33.9 Å². The van der Waals surface area contributed by atoms with Crippen LogP contribution in [0.25, 0.3) is 0 Å². The number of nitrogens with one attached hydrogen (secondary N) is 1. The number of rotatable bonds is 6. The lowest BCUT2D eigenvalue weighted by atomic mass is 9.80. The number of benzene rings is 1. The molecule has 8 nitrogen and oxygen atoms in total. The highest BCUT2D eigenvalue weighted by molar-refractivity contribution is 5.99. The molecule has 2 aliphatic rings. The van der Waals surface area contributed by atoms with E-state index in [-0.39, 0.29) is 12.5 Å². The Bertz CT molecular complexity index is 888. The van der Waals surface area contributed by atoms with Gasteiger partial charge in [0.05, 0.1) is 31.3 Å². The van der Waals surface area contributed by atoms with Gasteiger partial charge in [-0.05, 0) is 44.4 Å². The van der Waals surface area contributed by atoms with Gasteiger partial charge in [0.1, 0.15) is 5.75 Å². The molecular formula is C23H28N2O6. The molecule has 2 aliphatic heterocycles. The maximum absolute atomic E-state index is 12.5. The van der Waals surface area contributed by atoms with Crippen LogP contribution in [-0.4, -0.2) is 56.7 Å². The number of dihydropyridines is 1. The van der Waals surface area contributed by atoms with Crippen molar-refractivity contribution < 1.29 is 28.6 Å². The van der Waals surface area contributed by atoms with E-state index in [1.807, 2.05) is 0 Å². The quantitative estimate of drug-likeness (QED) is 0.695. The minimum atomic E-state index is -0.651. The third-order valence-corrected chi connectivity index (χ3v) is 5.61. The van der Waals surface area contributed by atoms with Crippen molar-refractivity contribution in [3.8, 4) is 5.75 Å². The van der Waals surface area contributed by atoms with E-state index in [0.717, 1.165) is 25.9 Å². The van der Waals surface area contributed by atoms with Gasteiger partial charge in [0.2, 0.25) is 0 Å². The second-order valence-corrected chi connectivity index (χ2v) is 7.56. The Kier molecular flexibility index (Phi) is 6.99. The van der Waals surface area contributed by atoms with Gasteiger partial charge in [-0.2, -0.15) is 0 Å². The van der Waals surface area contributed by atoms with Gasteiger partial charge in [-0.15, -0.1) is 0 Å². The fourth-order valence-corrected chi connectivity index (χ4v) is 4.05. The van der Waals surface area contributed by atoms with E-state index in [9.17, 15) is 14.4 Å². The first-order valence-corrected chi connectivity index (χ1v) is 10.2. The van der Waals surface area contributed by atoms with E-state index in [1.54, 1.807) is 43.0 Å². The minimum absolute atomic E-state index is 0.0223. The number of carbonyl (C=O) groups is 3. The molecule has 0 atom stereocenters. The van der Waals surface area contributed by atoms with Crippen LogP contribution in [0, 0.1) is 0 Å². The van der Waals surface area contributed by atoms with E-state index in [4.69, 9.17) is 14.2 Å². The maximum Gasteiger partial charge on any atom is 0.336 e. The normalized spacial score (nSPS) is 16.8. The van der Waals surface area contributed by atoms with Gasteiger partial charge < -0.3 is 24.4 Å². The van der Waals surface area contributed by atoms with Crippen molar-refractivity contribution in [3.05, 3.63) is 52.4 Å². The van der Waals surface area contributed by atoms with Crippen LogP contribution in [0.4, 0.5) is 0 Å². The van der Waals surface area contributed by atoms with Crippen molar-refractivity contribution in [3.63, 3.8) is 0 Å². The van der Waals surface area contributed by atoms with Crippen molar-refractivity contribution in [2.45, 2.75) is 32.6 Å². The fourth-order valence-electron chi connectivity index (χ4n) is 4.05. The van der Waals surface area contributed by atoms with Crippen LogP contribution in [0.3, 0.4) is 0 Å². The number of likely N-dealkylation sites (tertiary alicyclic amines) is 1. The Hall–Kier alpha value is -3.29. The molecular weight excluding hydrogens is 400 g/mol. The number of carbonyl (C=O) groups excluding carboxylic acids is 3. The van der Waals surface area contributed by atoms with Gasteiger partial charge in [0, 0.05) is 24.5 Å². The summed E-state index contributed by atoms with van der Waals surface area (Å²) in [7, 11) is 2.61. The monoisotopic (exact) mass is 428 g/mol. The molecule has 1 aromatic carbocycles. The lowest BCUT2D eigenvalue weighted by Gasteiger charge is -2.30. The molecule has 0 aromatic heterocycles. The highest BCUT2D eigenvalue weighted by Crippen LogP contribution is 2.39. The van der Waals surface area contributed by atoms with Gasteiger partial charge in [-0.25, -0.2) is 9.59 Å². The zero-order chi connectivity index (χ0) is 22.5. The zero-order valence-corrected chi connectivity index (χ0v) is 18.3. The maximum atomic E-state index is 12.5. The topological polar surface area (TPSA) is 94.2 Å². The second-order valence-electron chi connectivity index (χ2n) is 7.56. The second kappa shape index (κ2) is 9.68. The summed E-state index contributed by atoms with van der Waals surface area (Å²) in [4.78, 5) is 39.1. The summed E-state index contributed by atoms with van der Waals surface area (Å²) >= 11 is 0. The lowest BCUT2D eigenvalue weighted by Crippen LogP contribution is -2.32. The van der Waals surface area contributed by atoms with E-state index in [2.05, 4.69) is 5.32 Å². The predicted octanol–water partition coefficient (Wildman–Crippen LogP) is 2.27. The Balaban J connectivity index is 1.86. The summed E-state index contributed by atoms with van der Waals surface area (Å²) in [6.45, 7) is 5.06. The summed E-state index contributed by atoms with van der Waals surface area (Å²) < 4.78 is 15.6. The predicted molar refractivity (Wildman–Crippen MR) is 113 cm³/mol. The molecule has 0 aliphatic carbocycles.